The maximum Gasteiger partial charge on any atom is 0.235 e. The number of carbonyl (C=O) groups excluding carboxylic acids is 1. The number of anilines is 1. The molecule has 1 aromatic rings. The number of hydrogen-bond acceptors (Lipinski definition) is 3. The van der Waals surface area contributed by atoms with Gasteiger partial charge in [0, 0.05) is 18.8 Å². The molecule has 1 fully saturated rings. The number of hydrogen-bond donors (Lipinski definition) is 0. The Balaban J connectivity index is 2.20. The Kier molecular flexibility index (Phi) is 3.73. The second-order valence-electron chi connectivity index (χ2n) is 4.08. The van der Waals surface area contributed by atoms with Crippen LogP contribution in [0.5, 0.6) is 0 Å². The first-order valence-electron chi connectivity index (χ1n) is 5.78. The number of rotatable bonds is 3. The third-order valence-corrected chi connectivity index (χ3v) is 3.00. The lowest BCUT2D eigenvalue weighted by molar-refractivity contribution is 0.562. The van der Waals surface area contributed by atoms with Crippen LogP contribution in [0.2, 0.25) is 0 Å². The molecule has 0 aliphatic carbocycles. The molecule has 0 spiro atoms. The third kappa shape index (κ3) is 2.50. The zero-order valence-electron chi connectivity index (χ0n) is 9.35. The number of benzene rings is 1. The second kappa shape index (κ2) is 5.47. The smallest absolute Gasteiger partial charge is 0.235 e. The largest absolute Gasteiger partial charge is 0.371 e. The number of aliphatic imine (C=N–C) groups is 1. The summed E-state index contributed by atoms with van der Waals surface area (Å²) in [5, 5.41) is 0. The summed E-state index contributed by atoms with van der Waals surface area (Å²) in [5.41, 5.74) is 2.34. The fourth-order valence-electron chi connectivity index (χ4n) is 2.21. The fourth-order valence-corrected chi connectivity index (χ4v) is 2.21. The van der Waals surface area contributed by atoms with Crippen molar-refractivity contribution < 1.29 is 4.79 Å². The first kappa shape index (κ1) is 10.9. The molecule has 0 unspecified atom stereocenters. The zero-order valence-corrected chi connectivity index (χ0v) is 9.35. The van der Waals surface area contributed by atoms with Crippen molar-refractivity contribution in [1.29, 1.82) is 0 Å². The van der Waals surface area contributed by atoms with Crippen LogP contribution in [0.15, 0.2) is 29.3 Å². The van der Waals surface area contributed by atoms with E-state index in [4.69, 9.17) is 0 Å². The van der Waals surface area contributed by atoms with Crippen LogP contribution >= 0.6 is 0 Å². The highest BCUT2D eigenvalue weighted by Crippen LogP contribution is 2.24. The van der Waals surface area contributed by atoms with Crippen LogP contribution in [0.4, 0.5) is 5.69 Å². The Hall–Kier alpha value is -1.60. The van der Waals surface area contributed by atoms with Gasteiger partial charge < -0.3 is 4.90 Å². The molecule has 1 aliphatic rings. The highest BCUT2D eigenvalue weighted by molar-refractivity contribution is 5.54. The van der Waals surface area contributed by atoms with Gasteiger partial charge in [-0.05, 0) is 30.9 Å². The van der Waals surface area contributed by atoms with Gasteiger partial charge in [-0.15, -0.1) is 0 Å². The summed E-state index contributed by atoms with van der Waals surface area (Å²) in [6.45, 7) is 2.67. The Bertz CT molecular complexity index is 391. The van der Waals surface area contributed by atoms with Gasteiger partial charge in [-0.3, -0.25) is 0 Å². The van der Waals surface area contributed by atoms with Gasteiger partial charge in [-0.2, -0.15) is 0 Å². The topological polar surface area (TPSA) is 32.7 Å². The molecule has 0 amide bonds. The highest BCUT2D eigenvalue weighted by Gasteiger charge is 2.13. The number of nitrogens with zero attached hydrogens (tertiary/aromatic N) is 2. The zero-order chi connectivity index (χ0) is 11.2. The summed E-state index contributed by atoms with van der Waals surface area (Å²) in [6, 6.07) is 8.17. The predicted octanol–water partition coefficient (Wildman–Crippen LogP) is 2.51. The molecular formula is C13H16N2O. The molecule has 1 saturated heterocycles. The molecule has 0 radical (unpaired) electrons. The molecule has 1 heterocycles. The molecule has 3 heteroatoms. The first-order chi connectivity index (χ1) is 7.92. The first-order valence-corrected chi connectivity index (χ1v) is 5.78. The van der Waals surface area contributed by atoms with Crippen molar-refractivity contribution in [3.05, 3.63) is 29.8 Å². The lowest BCUT2D eigenvalue weighted by atomic mass is 10.1. The maximum absolute atomic E-state index is 10.2. The fraction of sp³-hybridized carbons (Fsp3) is 0.462. The molecular weight excluding hydrogens is 200 g/mol. The second-order valence-corrected chi connectivity index (χ2v) is 4.08. The molecule has 3 nitrogen and oxygen atoms in total. The van der Waals surface area contributed by atoms with E-state index in [0.29, 0.717) is 6.54 Å². The quantitative estimate of drug-likeness (QED) is 0.574. The van der Waals surface area contributed by atoms with Gasteiger partial charge in [0.2, 0.25) is 6.08 Å². The molecule has 16 heavy (non-hydrogen) atoms. The van der Waals surface area contributed by atoms with E-state index in [1.165, 1.54) is 24.9 Å². The minimum atomic E-state index is 0.441. The molecule has 0 atom stereocenters. The van der Waals surface area contributed by atoms with Gasteiger partial charge in [0.25, 0.3) is 0 Å². The Morgan fingerprint density at radius 3 is 2.69 bits per heavy atom. The minimum absolute atomic E-state index is 0.441. The van der Waals surface area contributed by atoms with Crippen molar-refractivity contribution in [3.63, 3.8) is 0 Å². The van der Waals surface area contributed by atoms with Gasteiger partial charge in [0.05, 0.1) is 6.54 Å². The maximum atomic E-state index is 10.2. The SMILES string of the molecule is O=C=NCc1ccccc1N1CCCCC1. The van der Waals surface area contributed by atoms with E-state index < -0.39 is 0 Å². The van der Waals surface area contributed by atoms with Crippen molar-refractivity contribution in [2.24, 2.45) is 4.99 Å². The summed E-state index contributed by atoms with van der Waals surface area (Å²) in [7, 11) is 0. The van der Waals surface area contributed by atoms with E-state index in [2.05, 4.69) is 16.0 Å². The Labute approximate surface area is 95.8 Å². The van der Waals surface area contributed by atoms with Gasteiger partial charge in [0.1, 0.15) is 0 Å². The van der Waals surface area contributed by atoms with Crippen molar-refractivity contribution in [2.75, 3.05) is 18.0 Å². The van der Waals surface area contributed by atoms with Crippen LogP contribution in [0, 0.1) is 0 Å². The van der Waals surface area contributed by atoms with Crippen molar-refractivity contribution in [3.8, 4) is 0 Å². The van der Waals surface area contributed by atoms with E-state index in [1.807, 2.05) is 18.2 Å². The lowest BCUT2D eigenvalue weighted by Crippen LogP contribution is -2.30. The molecule has 0 saturated carbocycles. The van der Waals surface area contributed by atoms with Crippen LogP contribution in [-0.4, -0.2) is 19.2 Å². The van der Waals surface area contributed by atoms with Crippen LogP contribution in [0.1, 0.15) is 24.8 Å². The van der Waals surface area contributed by atoms with Crippen LogP contribution in [-0.2, 0) is 11.3 Å². The van der Waals surface area contributed by atoms with Crippen molar-refractivity contribution >= 4 is 11.8 Å². The van der Waals surface area contributed by atoms with E-state index >= 15 is 0 Å². The molecule has 0 aromatic heterocycles. The lowest BCUT2D eigenvalue weighted by Gasteiger charge is -2.30. The average molecular weight is 216 g/mol. The van der Waals surface area contributed by atoms with Crippen molar-refractivity contribution in [2.45, 2.75) is 25.8 Å². The average Bonchev–Trinajstić information content (AvgIpc) is 2.38. The summed E-state index contributed by atoms with van der Waals surface area (Å²) < 4.78 is 0. The molecule has 84 valence electrons. The predicted molar refractivity (Wildman–Crippen MR) is 64.3 cm³/mol. The number of isocyanates is 1. The standard InChI is InChI=1S/C13H16N2O/c16-11-14-10-12-6-2-3-7-13(12)15-8-4-1-5-9-15/h2-3,6-7H,1,4-5,8-10H2. The van der Waals surface area contributed by atoms with Crippen LogP contribution < -0.4 is 4.90 Å². The Morgan fingerprint density at radius 2 is 1.94 bits per heavy atom. The molecule has 0 N–H and O–H groups in total. The number of piperidine rings is 1. The number of para-hydroxylation sites is 1. The van der Waals surface area contributed by atoms with Crippen molar-refractivity contribution in [1.82, 2.24) is 0 Å². The van der Waals surface area contributed by atoms with Gasteiger partial charge in [-0.25, -0.2) is 9.79 Å². The van der Waals surface area contributed by atoms with Crippen LogP contribution in [0.3, 0.4) is 0 Å². The molecule has 2 rings (SSSR count). The van der Waals surface area contributed by atoms with Gasteiger partial charge in [0.15, 0.2) is 0 Å². The monoisotopic (exact) mass is 216 g/mol. The van der Waals surface area contributed by atoms with Gasteiger partial charge in [-0.1, -0.05) is 18.2 Å². The highest BCUT2D eigenvalue weighted by atomic mass is 16.1. The third-order valence-electron chi connectivity index (χ3n) is 3.00. The molecule has 1 aromatic carbocycles. The van der Waals surface area contributed by atoms with E-state index in [-0.39, 0.29) is 0 Å². The minimum Gasteiger partial charge on any atom is -0.371 e. The molecule has 0 bridgehead atoms. The normalized spacial score (nSPS) is 15.6. The van der Waals surface area contributed by atoms with E-state index in [0.717, 1.165) is 18.7 Å². The summed E-state index contributed by atoms with van der Waals surface area (Å²) in [4.78, 5) is 16.2. The molecule has 1 aliphatic heterocycles. The summed E-state index contributed by atoms with van der Waals surface area (Å²) in [6.07, 6.45) is 5.44. The summed E-state index contributed by atoms with van der Waals surface area (Å²) >= 11 is 0. The summed E-state index contributed by atoms with van der Waals surface area (Å²) in [5.74, 6) is 0. The Morgan fingerprint density at radius 1 is 1.19 bits per heavy atom. The van der Waals surface area contributed by atoms with E-state index in [9.17, 15) is 4.79 Å². The van der Waals surface area contributed by atoms with E-state index in [1.54, 1.807) is 6.08 Å². The van der Waals surface area contributed by atoms with Gasteiger partial charge >= 0.3 is 0 Å². The van der Waals surface area contributed by atoms with Crippen LogP contribution in [0.25, 0.3) is 0 Å².